The quantitative estimate of drug-likeness (QED) is 0.506. The van der Waals surface area contributed by atoms with Gasteiger partial charge in [-0.05, 0) is 29.8 Å². The molecule has 4 aromatic heterocycles. The van der Waals surface area contributed by atoms with Gasteiger partial charge in [-0.25, -0.2) is 13.9 Å². The molecule has 0 radical (unpaired) electrons. The Morgan fingerprint density at radius 3 is 2.57 bits per heavy atom. The van der Waals surface area contributed by atoms with Gasteiger partial charge in [-0.15, -0.1) is 10.2 Å². The minimum absolute atomic E-state index is 0.276. The van der Waals surface area contributed by atoms with Crippen molar-refractivity contribution >= 4 is 22.1 Å². The highest BCUT2D eigenvalue weighted by Crippen LogP contribution is 2.29. The van der Waals surface area contributed by atoms with Gasteiger partial charge in [0.15, 0.2) is 5.65 Å². The number of anilines is 1. The lowest BCUT2D eigenvalue weighted by Crippen LogP contribution is -1.93. The number of hydrogen-bond acceptors (Lipinski definition) is 7. The summed E-state index contributed by atoms with van der Waals surface area (Å²) in [5, 5.41) is 13.5. The fourth-order valence-electron chi connectivity index (χ4n) is 2.91. The van der Waals surface area contributed by atoms with E-state index in [9.17, 15) is 4.39 Å². The third-order valence-electron chi connectivity index (χ3n) is 4.26. The molecular weight excluding hydrogens is 377 g/mol. The van der Waals surface area contributed by atoms with E-state index in [0.717, 1.165) is 33.0 Å². The molecule has 5 rings (SSSR count). The molecule has 0 saturated heterocycles. The van der Waals surface area contributed by atoms with Gasteiger partial charge in [0.25, 0.3) is 0 Å². The molecule has 1 aromatic carbocycles. The van der Waals surface area contributed by atoms with Crippen LogP contribution in [-0.4, -0.2) is 29.8 Å². The lowest BCUT2D eigenvalue weighted by molar-refractivity contribution is 0.628. The van der Waals surface area contributed by atoms with Gasteiger partial charge in [-0.1, -0.05) is 23.5 Å². The molecule has 7 nitrogen and oxygen atoms in total. The van der Waals surface area contributed by atoms with Crippen molar-refractivity contribution in [1.29, 1.82) is 0 Å². The van der Waals surface area contributed by atoms with Crippen LogP contribution in [0.5, 0.6) is 0 Å². The maximum Gasteiger partial charge on any atom is 0.203 e. The molecule has 136 valence electrons. The van der Waals surface area contributed by atoms with E-state index in [4.69, 9.17) is 5.73 Å². The van der Waals surface area contributed by atoms with Crippen molar-refractivity contribution in [2.24, 2.45) is 0 Å². The molecule has 0 aliphatic carbocycles. The van der Waals surface area contributed by atoms with Crippen LogP contribution in [0.15, 0.2) is 61.2 Å². The summed E-state index contributed by atoms with van der Waals surface area (Å²) in [5.74, 6) is -0.276. The van der Waals surface area contributed by atoms with E-state index >= 15 is 0 Å². The van der Waals surface area contributed by atoms with Crippen molar-refractivity contribution in [2.75, 3.05) is 5.73 Å². The molecule has 4 heterocycles. The standard InChI is InChI=1S/C19H12FN7S/c20-14-3-1-11(2-4-14)13-8-23-17-15(9-24-27(17)10-13)16-7-12(5-6-22-16)18-25-26-19(21)28-18/h1-10H,(H2,21,26). The molecule has 0 aliphatic heterocycles. The Morgan fingerprint density at radius 1 is 0.929 bits per heavy atom. The topological polar surface area (TPSA) is 94.9 Å². The number of fused-ring (bicyclic) bond motifs is 1. The number of hydrogen-bond donors (Lipinski definition) is 1. The van der Waals surface area contributed by atoms with E-state index in [1.165, 1.54) is 23.5 Å². The minimum atomic E-state index is -0.276. The Hall–Kier alpha value is -3.72. The first kappa shape index (κ1) is 16.5. The first-order valence-corrected chi connectivity index (χ1v) is 9.14. The number of halogens is 1. The smallest absolute Gasteiger partial charge is 0.203 e. The SMILES string of the molecule is Nc1nnc(-c2ccnc(-c3cnn4cc(-c5ccc(F)cc5)cnc34)c2)s1. The average Bonchev–Trinajstić information content (AvgIpc) is 3.34. The van der Waals surface area contributed by atoms with Crippen LogP contribution in [0.1, 0.15) is 0 Å². The molecule has 0 spiro atoms. The van der Waals surface area contributed by atoms with Gasteiger partial charge in [0, 0.05) is 29.7 Å². The predicted molar refractivity (Wildman–Crippen MR) is 105 cm³/mol. The van der Waals surface area contributed by atoms with Crippen LogP contribution in [-0.2, 0) is 0 Å². The molecule has 2 N–H and O–H groups in total. The highest BCUT2D eigenvalue weighted by atomic mass is 32.1. The molecular formula is C19H12FN7S. The van der Waals surface area contributed by atoms with E-state index in [0.29, 0.717) is 10.8 Å². The molecule has 9 heteroatoms. The summed E-state index contributed by atoms with van der Waals surface area (Å²) < 4.78 is 14.8. The second-order valence-electron chi connectivity index (χ2n) is 6.05. The second kappa shape index (κ2) is 6.46. The van der Waals surface area contributed by atoms with E-state index in [1.807, 2.05) is 18.3 Å². The Bertz CT molecular complexity index is 1290. The van der Waals surface area contributed by atoms with Crippen LogP contribution in [0, 0.1) is 5.82 Å². The normalized spacial score (nSPS) is 11.2. The summed E-state index contributed by atoms with van der Waals surface area (Å²) in [4.78, 5) is 8.99. The van der Waals surface area contributed by atoms with Crippen molar-refractivity contribution in [2.45, 2.75) is 0 Å². The molecule has 0 unspecified atom stereocenters. The van der Waals surface area contributed by atoms with Crippen molar-refractivity contribution in [1.82, 2.24) is 29.8 Å². The number of nitrogens with zero attached hydrogens (tertiary/aromatic N) is 6. The first-order valence-electron chi connectivity index (χ1n) is 8.32. The molecule has 0 atom stereocenters. The molecule has 0 bridgehead atoms. The Labute approximate surface area is 162 Å². The van der Waals surface area contributed by atoms with Crippen LogP contribution in [0.25, 0.3) is 38.6 Å². The number of nitrogens with two attached hydrogens (primary N) is 1. The zero-order chi connectivity index (χ0) is 19.1. The zero-order valence-corrected chi connectivity index (χ0v) is 15.1. The van der Waals surface area contributed by atoms with E-state index in [2.05, 4.69) is 25.3 Å². The van der Waals surface area contributed by atoms with Gasteiger partial charge < -0.3 is 5.73 Å². The predicted octanol–water partition coefficient (Wildman–Crippen LogP) is 3.70. The van der Waals surface area contributed by atoms with Crippen molar-refractivity contribution in [3.8, 4) is 33.0 Å². The number of aromatic nitrogens is 6. The van der Waals surface area contributed by atoms with Crippen LogP contribution >= 0.6 is 11.3 Å². The van der Waals surface area contributed by atoms with Crippen LogP contribution in [0.2, 0.25) is 0 Å². The monoisotopic (exact) mass is 389 g/mol. The number of pyridine rings is 1. The van der Waals surface area contributed by atoms with Gasteiger partial charge in [0.05, 0.1) is 17.5 Å². The van der Waals surface area contributed by atoms with Gasteiger partial charge in [-0.3, -0.25) is 4.98 Å². The summed E-state index contributed by atoms with van der Waals surface area (Å²) in [6.07, 6.45) is 7.02. The summed E-state index contributed by atoms with van der Waals surface area (Å²) in [6.45, 7) is 0. The number of nitrogen functional groups attached to an aromatic ring is 1. The van der Waals surface area contributed by atoms with Gasteiger partial charge in [-0.2, -0.15) is 5.10 Å². The molecule has 5 aromatic rings. The Morgan fingerprint density at radius 2 is 1.79 bits per heavy atom. The number of rotatable bonds is 3. The average molecular weight is 389 g/mol. The Balaban J connectivity index is 1.56. The highest BCUT2D eigenvalue weighted by molar-refractivity contribution is 7.18. The van der Waals surface area contributed by atoms with Gasteiger partial charge >= 0.3 is 0 Å². The second-order valence-corrected chi connectivity index (χ2v) is 7.06. The summed E-state index contributed by atoms with van der Waals surface area (Å²) in [5.41, 5.74) is 10.5. The third-order valence-corrected chi connectivity index (χ3v) is 5.06. The van der Waals surface area contributed by atoms with Crippen molar-refractivity contribution < 1.29 is 4.39 Å². The molecule has 0 fully saturated rings. The fourth-order valence-corrected chi connectivity index (χ4v) is 3.52. The summed E-state index contributed by atoms with van der Waals surface area (Å²) >= 11 is 1.32. The molecule has 0 amide bonds. The largest absolute Gasteiger partial charge is 0.374 e. The van der Waals surface area contributed by atoms with Crippen LogP contribution < -0.4 is 5.73 Å². The van der Waals surface area contributed by atoms with Crippen LogP contribution in [0.3, 0.4) is 0 Å². The summed E-state index contributed by atoms with van der Waals surface area (Å²) in [6, 6.07) is 10.0. The molecule has 0 saturated carbocycles. The lowest BCUT2D eigenvalue weighted by Gasteiger charge is -2.04. The summed E-state index contributed by atoms with van der Waals surface area (Å²) in [7, 11) is 0. The zero-order valence-electron chi connectivity index (χ0n) is 14.3. The number of benzene rings is 1. The first-order chi connectivity index (χ1) is 13.7. The van der Waals surface area contributed by atoms with Crippen LogP contribution in [0.4, 0.5) is 9.52 Å². The van der Waals surface area contributed by atoms with Crippen molar-refractivity contribution in [3.05, 3.63) is 67.0 Å². The van der Waals surface area contributed by atoms with E-state index < -0.39 is 0 Å². The lowest BCUT2D eigenvalue weighted by atomic mass is 10.1. The molecule has 0 aliphatic rings. The third kappa shape index (κ3) is 2.87. The highest BCUT2D eigenvalue weighted by Gasteiger charge is 2.13. The maximum atomic E-state index is 13.1. The van der Waals surface area contributed by atoms with E-state index in [-0.39, 0.29) is 5.82 Å². The maximum absolute atomic E-state index is 13.1. The molecule has 28 heavy (non-hydrogen) atoms. The van der Waals surface area contributed by atoms with Crippen molar-refractivity contribution in [3.63, 3.8) is 0 Å². The fraction of sp³-hybridized carbons (Fsp3) is 0. The van der Waals surface area contributed by atoms with Gasteiger partial charge in [0.2, 0.25) is 5.13 Å². The Kier molecular flexibility index (Phi) is 3.80. The minimum Gasteiger partial charge on any atom is -0.374 e. The van der Waals surface area contributed by atoms with Gasteiger partial charge in [0.1, 0.15) is 10.8 Å². The van der Waals surface area contributed by atoms with E-state index in [1.54, 1.807) is 35.2 Å².